The second-order valence-electron chi connectivity index (χ2n) is 9.75. The van der Waals surface area contributed by atoms with E-state index in [1.54, 1.807) is 24.3 Å². The number of amides is 2. The first-order valence-corrected chi connectivity index (χ1v) is 12.3. The fraction of sp³-hybridized carbons (Fsp3) is 0.393. The Morgan fingerprint density at radius 2 is 1.68 bits per heavy atom. The molecule has 1 aliphatic heterocycles. The quantitative estimate of drug-likeness (QED) is 0.530. The summed E-state index contributed by atoms with van der Waals surface area (Å²) < 4.78 is 0. The maximum Gasteiger partial charge on any atom is 0.248 e. The number of likely N-dealkylation sites (tertiary alicyclic amines) is 1. The minimum absolute atomic E-state index is 0.0433. The molecule has 0 radical (unpaired) electrons. The zero-order valence-corrected chi connectivity index (χ0v) is 19.4. The van der Waals surface area contributed by atoms with E-state index < -0.39 is 5.91 Å². The average molecular weight is 458 g/mol. The molecule has 176 valence electrons. The fourth-order valence-corrected chi connectivity index (χ4v) is 5.61. The Balaban J connectivity index is 1.29. The number of ketones is 1. The average Bonchev–Trinajstić information content (AvgIpc) is 3.54. The number of hydrogen-bond donors (Lipinski definition) is 2. The van der Waals surface area contributed by atoms with E-state index in [9.17, 15) is 14.4 Å². The van der Waals surface area contributed by atoms with Crippen molar-refractivity contribution in [3.63, 3.8) is 0 Å². The smallest absolute Gasteiger partial charge is 0.248 e. The molecule has 2 aliphatic rings. The minimum Gasteiger partial charge on any atom is -0.366 e. The van der Waals surface area contributed by atoms with Gasteiger partial charge < -0.3 is 15.6 Å². The lowest BCUT2D eigenvalue weighted by molar-refractivity contribution is -0.136. The lowest BCUT2D eigenvalue weighted by Gasteiger charge is -2.33. The van der Waals surface area contributed by atoms with E-state index in [0.717, 1.165) is 55.2 Å². The van der Waals surface area contributed by atoms with Crippen molar-refractivity contribution in [2.45, 2.75) is 50.9 Å². The van der Waals surface area contributed by atoms with Gasteiger partial charge in [0.15, 0.2) is 5.78 Å². The topological polar surface area (TPSA) is 96.3 Å². The SMILES string of the molecule is NC(=O)c1cccc(C(=O)Cc2ccc3[nH]cc(C4CCN(C(=O)C5CCCC5)CC4)c3c2)c1. The molecule has 0 bridgehead atoms. The van der Waals surface area contributed by atoms with Crippen molar-refractivity contribution in [3.8, 4) is 0 Å². The van der Waals surface area contributed by atoms with Gasteiger partial charge in [-0.05, 0) is 67.0 Å². The number of Topliss-reactive ketones (excluding diaryl/α,β-unsaturated/α-hetero) is 1. The molecule has 6 heteroatoms. The summed E-state index contributed by atoms with van der Waals surface area (Å²) in [7, 11) is 0. The van der Waals surface area contributed by atoms with Crippen molar-refractivity contribution in [1.29, 1.82) is 0 Å². The van der Waals surface area contributed by atoms with E-state index in [1.807, 2.05) is 12.1 Å². The van der Waals surface area contributed by atoms with Gasteiger partial charge in [0, 0.05) is 53.7 Å². The molecule has 0 unspecified atom stereocenters. The van der Waals surface area contributed by atoms with Crippen molar-refractivity contribution in [1.82, 2.24) is 9.88 Å². The number of nitrogens with zero attached hydrogens (tertiary/aromatic N) is 1. The zero-order valence-electron chi connectivity index (χ0n) is 19.4. The maximum atomic E-state index is 12.9. The molecular formula is C28H31N3O3. The normalized spacial score (nSPS) is 17.4. The highest BCUT2D eigenvalue weighted by Crippen LogP contribution is 2.35. The number of carbonyl (C=O) groups is 3. The number of hydrogen-bond acceptors (Lipinski definition) is 3. The van der Waals surface area contributed by atoms with Crippen LogP contribution in [0.15, 0.2) is 48.7 Å². The monoisotopic (exact) mass is 457 g/mol. The Morgan fingerprint density at radius 3 is 2.41 bits per heavy atom. The van der Waals surface area contributed by atoms with E-state index in [1.165, 1.54) is 18.4 Å². The van der Waals surface area contributed by atoms with Crippen molar-refractivity contribution in [2.24, 2.45) is 11.7 Å². The third-order valence-corrected chi connectivity index (χ3v) is 7.56. The molecule has 2 heterocycles. The van der Waals surface area contributed by atoms with E-state index >= 15 is 0 Å². The summed E-state index contributed by atoms with van der Waals surface area (Å²) in [5, 5.41) is 1.15. The van der Waals surface area contributed by atoms with Crippen LogP contribution in [0.5, 0.6) is 0 Å². The van der Waals surface area contributed by atoms with E-state index in [0.29, 0.717) is 23.0 Å². The van der Waals surface area contributed by atoms with Crippen molar-refractivity contribution < 1.29 is 14.4 Å². The summed E-state index contributed by atoms with van der Waals surface area (Å²) >= 11 is 0. The molecule has 1 saturated heterocycles. The van der Waals surface area contributed by atoms with Crippen LogP contribution in [0.2, 0.25) is 0 Å². The fourth-order valence-electron chi connectivity index (χ4n) is 5.61. The zero-order chi connectivity index (χ0) is 23.7. The number of primary amides is 1. The lowest BCUT2D eigenvalue weighted by atomic mass is 9.88. The molecule has 3 aromatic rings. The van der Waals surface area contributed by atoms with Gasteiger partial charge in [0.1, 0.15) is 0 Å². The third kappa shape index (κ3) is 4.49. The molecule has 0 atom stereocenters. The summed E-state index contributed by atoms with van der Waals surface area (Å²) in [6.45, 7) is 1.64. The van der Waals surface area contributed by atoms with Gasteiger partial charge >= 0.3 is 0 Å². The molecule has 1 aromatic heterocycles. The van der Waals surface area contributed by atoms with Crippen molar-refractivity contribution in [3.05, 3.63) is 70.9 Å². The summed E-state index contributed by atoms with van der Waals surface area (Å²) in [6, 6.07) is 12.7. The van der Waals surface area contributed by atoms with Crippen LogP contribution in [-0.2, 0) is 11.2 Å². The Bertz CT molecular complexity index is 1230. The molecule has 2 aromatic carbocycles. The van der Waals surface area contributed by atoms with Gasteiger partial charge in [-0.3, -0.25) is 14.4 Å². The Labute approximate surface area is 199 Å². The van der Waals surface area contributed by atoms with Gasteiger partial charge in [-0.2, -0.15) is 0 Å². The summed E-state index contributed by atoms with van der Waals surface area (Å²) in [5.74, 6) is 0.423. The highest BCUT2D eigenvalue weighted by Gasteiger charge is 2.31. The Morgan fingerprint density at radius 1 is 0.941 bits per heavy atom. The Hall–Kier alpha value is -3.41. The number of rotatable bonds is 6. The molecule has 0 spiro atoms. The van der Waals surface area contributed by atoms with Crippen LogP contribution in [0.3, 0.4) is 0 Å². The van der Waals surface area contributed by atoms with E-state index in [2.05, 4.69) is 22.1 Å². The molecule has 34 heavy (non-hydrogen) atoms. The standard InChI is InChI=1S/C28H31N3O3/c29-27(33)22-7-3-6-21(16-22)26(32)15-18-8-9-25-23(14-18)24(17-30-25)19-10-12-31(13-11-19)28(34)20-4-1-2-5-20/h3,6-9,14,16-17,19-20,30H,1-2,4-5,10-13,15H2,(H2,29,33). The second kappa shape index (κ2) is 9.45. The summed E-state index contributed by atoms with van der Waals surface area (Å²) in [4.78, 5) is 42.6. The lowest BCUT2D eigenvalue weighted by Crippen LogP contribution is -2.40. The molecular weight excluding hydrogens is 426 g/mol. The summed E-state index contributed by atoms with van der Waals surface area (Å²) in [5.41, 5.74) is 9.46. The van der Waals surface area contributed by atoms with Gasteiger partial charge in [-0.1, -0.05) is 31.0 Å². The molecule has 2 amide bonds. The molecule has 1 saturated carbocycles. The van der Waals surface area contributed by atoms with E-state index in [-0.39, 0.29) is 18.1 Å². The minimum atomic E-state index is -0.538. The van der Waals surface area contributed by atoms with Crippen LogP contribution in [0.4, 0.5) is 0 Å². The predicted molar refractivity (Wildman–Crippen MR) is 132 cm³/mol. The summed E-state index contributed by atoms with van der Waals surface area (Å²) in [6.07, 6.45) is 8.75. The first kappa shape index (κ1) is 22.4. The molecule has 1 aliphatic carbocycles. The van der Waals surface area contributed by atoms with Gasteiger partial charge in [0.25, 0.3) is 0 Å². The number of fused-ring (bicyclic) bond motifs is 1. The molecule has 5 rings (SSSR count). The first-order chi connectivity index (χ1) is 16.5. The van der Waals surface area contributed by atoms with Gasteiger partial charge in [-0.15, -0.1) is 0 Å². The highest BCUT2D eigenvalue weighted by atomic mass is 16.2. The third-order valence-electron chi connectivity index (χ3n) is 7.56. The van der Waals surface area contributed by atoms with Crippen molar-refractivity contribution >= 4 is 28.5 Å². The second-order valence-corrected chi connectivity index (χ2v) is 9.75. The number of H-pyrrole nitrogens is 1. The predicted octanol–water partition coefficient (Wildman–Crippen LogP) is 4.59. The number of aromatic amines is 1. The molecule has 3 N–H and O–H groups in total. The van der Waals surface area contributed by atoms with Crippen LogP contribution >= 0.6 is 0 Å². The largest absolute Gasteiger partial charge is 0.366 e. The maximum absolute atomic E-state index is 12.9. The van der Waals surface area contributed by atoms with E-state index in [4.69, 9.17) is 5.73 Å². The van der Waals surface area contributed by atoms with Crippen LogP contribution < -0.4 is 5.73 Å². The van der Waals surface area contributed by atoms with Crippen molar-refractivity contribution in [2.75, 3.05) is 13.1 Å². The van der Waals surface area contributed by atoms with Gasteiger partial charge in [0.2, 0.25) is 11.8 Å². The van der Waals surface area contributed by atoms with Gasteiger partial charge in [0.05, 0.1) is 0 Å². The molecule has 6 nitrogen and oxygen atoms in total. The number of piperidine rings is 1. The first-order valence-electron chi connectivity index (χ1n) is 12.3. The van der Waals surface area contributed by atoms with Crippen LogP contribution in [0.25, 0.3) is 10.9 Å². The van der Waals surface area contributed by atoms with Crippen LogP contribution in [0, 0.1) is 5.92 Å². The number of aromatic nitrogens is 1. The highest BCUT2D eigenvalue weighted by molar-refractivity contribution is 6.01. The number of carbonyl (C=O) groups excluding carboxylic acids is 3. The Kier molecular flexibility index (Phi) is 6.22. The number of nitrogens with two attached hydrogens (primary N) is 1. The van der Waals surface area contributed by atoms with Gasteiger partial charge in [-0.25, -0.2) is 0 Å². The molecule has 2 fully saturated rings. The van der Waals surface area contributed by atoms with Crippen LogP contribution in [-0.4, -0.2) is 40.6 Å². The number of benzene rings is 2. The van der Waals surface area contributed by atoms with Crippen LogP contribution in [0.1, 0.15) is 76.3 Å². The number of nitrogens with one attached hydrogen (secondary N) is 1.